The lowest BCUT2D eigenvalue weighted by molar-refractivity contribution is -0.135. The third kappa shape index (κ3) is 5.48. The van der Waals surface area contributed by atoms with Crippen LogP contribution in [0.15, 0.2) is 93.7 Å². The zero-order chi connectivity index (χ0) is 31.5. The minimum atomic E-state index is -0.518. The van der Waals surface area contributed by atoms with Crippen molar-refractivity contribution in [2.45, 2.75) is 32.2 Å². The zero-order valence-corrected chi connectivity index (χ0v) is 26.1. The molecule has 45 heavy (non-hydrogen) atoms. The molecular weight excluding hydrogens is 572 g/mol. The fraction of sp³-hybridized carbons (Fsp3) is 0.286. The molecule has 1 aliphatic carbocycles. The van der Waals surface area contributed by atoms with Crippen molar-refractivity contribution in [3.8, 4) is 23.0 Å². The van der Waals surface area contributed by atoms with Gasteiger partial charge in [0.25, 0.3) is 0 Å². The summed E-state index contributed by atoms with van der Waals surface area (Å²) in [5.74, 6) is 2.69. The Kier molecular flexibility index (Phi) is 8.46. The minimum absolute atomic E-state index is 0.168. The van der Waals surface area contributed by atoms with E-state index in [0.717, 1.165) is 52.9 Å². The van der Waals surface area contributed by atoms with Crippen molar-refractivity contribution in [2.24, 2.45) is 10.1 Å². The number of para-hydroxylation sites is 1. The fourth-order valence-electron chi connectivity index (χ4n) is 6.04. The molecule has 0 saturated heterocycles. The Morgan fingerprint density at radius 2 is 1.56 bits per heavy atom. The van der Waals surface area contributed by atoms with Crippen LogP contribution in [0.3, 0.4) is 0 Å². The second-order valence-corrected chi connectivity index (χ2v) is 10.6. The Morgan fingerprint density at radius 3 is 2.24 bits per heavy atom. The molecule has 3 aromatic carbocycles. The van der Waals surface area contributed by atoms with E-state index in [1.807, 2.05) is 71.6 Å². The number of hydrogen-bond acceptors (Lipinski definition) is 10. The Morgan fingerprint density at radius 1 is 0.867 bits per heavy atom. The van der Waals surface area contributed by atoms with Gasteiger partial charge >= 0.3 is 5.97 Å². The number of nitrogens with zero attached hydrogens (tertiary/aromatic N) is 4. The fourth-order valence-corrected chi connectivity index (χ4v) is 6.04. The normalized spacial score (nSPS) is 18.2. The monoisotopic (exact) mass is 608 g/mol. The Labute approximate surface area is 262 Å². The molecule has 3 aromatic rings. The first-order chi connectivity index (χ1) is 22.0. The van der Waals surface area contributed by atoms with Gasteiger partial charge in [-0.1, -0.05) is 30.3 Å². The summed E-state index contributed by atoms with van der Waals surface area (Å²) in [6.45, 7) is 2.00. The molecule has 1 atom stereocenters. The lowest BCUT2D eigenvalue weighted by Gasteiger charge is -2.39. The predicted octanol–water partition coefficient (Wildman–Crippen LogP) is 6.35. The number of allylic oxidation sites excluding steroid dienone is 1. The number of methoxy groups -OCH3 is 4. The number of esters is 1. The number of ether oxygens (including phenoxy) is 5. The molecule has 232 valence electrons. The van der Waals surface area contributed by atoms with Gasteiger partial charge in [0, 0.05) is 0 Å². The molecule has 3 aliphatic rings. The number of anilines is 1. The van der Waals surface area contributed by atoms with Crippen LogP contribution in [0, 0.1) is 0 Å². The smallest absolute Gasteiger partial charge is 0.376 e. The number of hydrazone groups is 1. The summed E-state index contributed by atoms with van der Waals surface area (Å²) in [7, 11) is 6.48. The second kappa shape index (κ2) is 12.8. The van der Waals surface area contributed by atoms with Gasteiger partial charge in [0.05, 0.1) is 52.5 Å². The topological polar surface area (TPSA) is 94.4 Å². The van der Waals surface area contributed by atoms with Crippen molar-refractivity contribution < 1.29 is 28.5 Å². The van der Waals surface area contributed by atoms with Crippen LogP contribution < -0.4 is 24.0 Å². The standard InChI is InChI=1S/C35H36N4O6/c1-6-45-34(40)33-37-39(25-12-8-7-9-13-25)35-36-31-23(19-22-15-17-27(41-2)29(20-22)43-4)11-10-14-26(31)32(38(33)35)24-16-18-28(42-3)30(21-24)44-5/h7-9,12-13,15-21,32H,6,10-11,14H2,1-5H3/b23-19+. The molecule has 0 radical (unpaired) electrons. The number of fused-ring (bicyclic) bond motifs is 1. The lowest BCUT2D eigenvalue weighted by atomic mass is 9.82. The van der Waals surface area contributed by atoms with E-state index in [9.17, 15) is 4.79 Å². The summed E-state index contributed by atoms with van der Waals surface area (Å²) in [5.41, 5.74) is 5.69. The average Bonchev–Trinajstić information content (AvgIpc) is 3.47. The Hall–Kier alpha value is -5.25. The largest absolute Gasteiger partial charge is 0.493 e. The van der Waals surface area contributed by atoms with E-state index in [1.54, 1.807) is 40.4 Å². The van der Waals surface area contributed by atoms with Crippen molar-refractivity contribution >= 4 is 29.5 Å². The van der Waals surface area contributed by atoms with E-state index in [0.29, 0.717) is 29.0 Å². The van der Waals surface area contributed by atoms with Gasteiger partial charge in [-0.3, -0.25) is 4.90 Å². The van der Waals surface area contributed by atoms with Crippen LogP contribution in [0.2, 0.25) is 0 Å². The van der Waals surface area contributed by atoms with Gasteiger partial charge in [-0.2, -0.15) is 5.01 Å². The van der Waals surface area contributed by atoms with E-state index in [-0.39, 0.29) is 12.4 Å². The number of rotatable bonds is 9. The Balaban J connectivity index is 1.57. The summed E-state index contributed by atoms with van der Waals surface area (Å²) >= 11 is 0. The van der Waals surface area contributed by atoms with Crippen LogP contribution in [0.5, 0.6) is 23.0 Å². The minimum Gasteiger partial charge on any atom is -0.493 e. The summed E-state index contributed by atoms with van der Waals surface area (Å²) in [6, 6.07) is 21.0. The van der Waals surface area contributed by atoms with Crippen molar-refractivity contribution in [1.29, 1.82) is 0 Å². The number of carbonyl (C=O) groups excluding carboxylic acids is 1. The average molecular weight is 609 g/mol. The highest BCUT2D eigenvalue weighted by atomic mass is 16.5. The Bertz CT molecular complexity index is 1730. The molecule has 0 fully saturated rings. The summed E-state index contributed by atoms with van der Waals surface area (Å²) in [6.07, 6.45) is 4.68. The summed E-state index contributed by atoms with van der Waals surface area (Å²) in [4.78, 5) is 20.6. The van der Waals surface area contributed by atoms with Crippen LogP contribution in [-0.2, 0) is 9.53 Å². The van der Waals surface area contributed by atoms with Gasteiger partial charge in [0.2, 0.25) is 11.8 Å². The van der Waals surface area contributed by atoms with Crippen molar-refractivity contribution in [3.05, 3.63) is 94.7 Å². The summed E-state index contributed by atoms with van der Waals surface area (Å²) in [5, 5.41) is 6.53. The van der Waals surface area contributed by atoms with E-state index in [1.165, 1.54) is 0 Å². The molecule has 10 heteroatoms. The van der Waals surface area contributed by atoms with Gasteiger partial charge in [-0.15, -0.1) is 5.10 Å². The van der Waals surface area contributed by atoms with Crippen molar-refractivity contribution in [1.82, 2.24) is 4.90 Å². The van der Waals surface area contributed by atoms with Crippen molar-refractivity contribution in [3.63, 3.8) is 0 Å². The molecular formula is C35H36N4O6. The number of hydrogen-bond donors (Lipinski definition) is 0. The maximum atomic E-state index is 13.5. The highest BCUT2D eigenvalue weighted by Crippen LogP contribution is 2.48. The van der Waals surface area contributed by atoms with Gasteiger partial charge in [-0.25, -0.2) is 9.79 Å². The number of aliphatic imine (C=N–C) groups is 1. The number of amidine groups is 1. The molecule has 0 saturated carbocycles. The number of guanidine groups is 1. The predicted molar refractivity (Wildman–Crippen MR) is 173 cm³/mol. The molecule has 2 aliphatic heterocycles. The molecule has 1 unspecified atom stereocenters. The molecule has 2 heterocycles. The van der Waals surface area contributed by atoms with Crippen LogP contribution >= 0.6 is 0 Å². The molecule has 0 amide bonds. The van der Waals surface area contributed by atoms with Crippen LogP contribution in [0.1, 0.15) is 43.4 Å². The highest BCUT2D eigenvalue weighted by molar-refractivity contribution is 6.41. The van der Waals surface area contributed by atoms with E-state index in [4.69, 9.17) is 33.8 Å². The first kappa shape index (κ1) is 29.8. The van der Waals surface area contributed by atoms with Gasteiger partial charge in [0.1, 0.15) is 0 Å². The molecule has 0 spiro atoms. The van der Waals surface area contributed by atoms with E-state index in [2.05, 4.69) is 6.08 Å². The first-order valence-corrected chi connectivity index (χ1v) is 14.9. The van der Waals surface area contributed by atoms with E-state index < -0.39 is 12.0 Å². The first-order valence-electron chi connectivity index (χ1n) is 14.9. The van der Waals surface area contributed by atoms with Gasteiger partial charge in [0.15, 0.2) is 23.0 Å². The third-order valence-electron chi connectivity index (χ3n) is 8.06. The second-order valence-electron chi connectivity index (χ2n) is 10.6. The molecule has 10 nitrogen and oxygen atoms in total. The van der Waals surface area contributed by atoms with Gasteiger partial charge < -0.3 is 23.7 Å². The van der Waals surface area contributed by atoms with E-state index >= 15 is 0 Å². The molecule has 0 bridgehead atoms. The number of benzene rings is 3. The number of carbonyl (C=O) groups is 1. The maximum absolute atomic E-state index is 13.5. The van der Waals surface area contributed by atoms with Gasteiger partial charge in [-0.05, 0) is 90.9 Å². The maximum Gasteiger partial charge on any atom is 0.376 e. The quantitative estimate of drug-likeness (QED) is 0.260. The van der Waals surface area contributed by atoms with Crippen LogP contribution in [0.4, 0.5) is 5.69 Å². The molecule has 0 N–H and O–H groups in total. The SMILES string of the molecule is CCOC(=O)C1=NN(c2ccccc2)C2=NC3=C(CCC/C3=C\c3ccc(OC)c(OC)c3)C(c3ccc(OC)c(OC)c3)N12. The summed E-state index contributed by atoms with van der Waals surface area (Å²) < 4.78 is 27.8. The van der Waals surface area contributed by atoms with Crippen molar-refractivity contribution in [2.75, 3.05) is 40.1 Å². The molecule has 6 rings (SSSR count). The van der Waals surface area contributed by atoms with Crippen LogP contribution in [-0.4, -0.2) is 57.7 Å². The zero-order valence-electron chi connectivity index (χ0n) is 26.1. The third-order valence-corrected chi connectivity index (χ3v) is 8.06. The molecule has 0 aromatic heterocycles. The highest BCUT2D eigenvalue weighted by Gasteiger charge is 2.47. The lowest BCUT2D eigenvalue weighted by Crippen LogP contribution is -2.46. The van der Waals surface area contributed by atoms with Crippen LogP contribution in [0.25, 0.3) is 6.08 Å².